The van der Waals surface area contributed by atoms with Crippen molar-refractivity contribution in [3.63, 3.8) is 0 Å². The highest BCUT2D eigenvalue weighted by Gasteiger charge is 2.35. The van der Waals surface area contributed by atoms with Crippen LogP contribution in [0.4, 0.5) is 0 Å². The fourth-order valence-corrected chi connectivity index (χ4v) is 6.62. The molecule has 0 unspecified atom stereocenters. The highest BCUT2D eigenvalue weighted by Crippen LogP contribution is 2.27. The predicted octanol–water partition coefficient (Wildman–Crippen LogP) is 8.14. The van der Waals surface area contributed by atoms with E-state index in [-0.39, 0.29) is 50.2 Å². The summed E-state index contributed by atoms with van der Waals surface area (Å²) in [4.78, 5) is 21.8. The second kappa shape index (κ2) is 19.1. The summed E-state index contributed by atoms with van der Waals surface area (Å²) in [7, 11) is -2.94. The summed E-state index contributed by atoms with van der Waals surface area (Å²) < 4.78 is 35.8. The smallest absolute Gasteiger partial charge is 0.308 e. The largest absolute Gasteiger partial charge is 0.474 e. The lowest BCUT2D eigenvalue weighted by atomic mass is 10.2. The molecule has 248 valence electrons. The molecule has 2 heterocycles. The van der Waals surface area contributed by atoms with Gasteiger partial charge in [0.1, 0.15) is 11.8 Å². The van der Waals surface area contributed by atoms with Gasteiger partial charge in [-0.25, -0.2) is 23.1 Å². The molecule has 2 aliphatic carbocycles. The number of hydrogen-bond donors (Lipinski definition) is 1. The summed E-state index contributed by atoms with van der Waals surface area (Å²) >= 11 is 1.78. The molecule has 0 saturated heterocycles. The van der Waals surface area contributed by atoms with E-state index in [4.69, 9.17) is 14.5 Å². The van der Waals surface area contributed by atoms with Crippen molar-refractivity contribution < 1.29 is 22.7 Å². The Morgan fingerprint density at radius 2 is 1.52 bits per heavy atom. The molecule has 2 aromatic heterocycles. The number of thiophene rings is 1. The molecule has 0 aliphatic heterocycles. The average molecular weight is 650 g/mol. The number of rotatable bonds is 10. The molecule has 0 bridgehead atoms. The molecule has 2 fully saturated rings. The van der Waals surface area contributed by atoms with Crippen molar-refractivity contribution in [2.24, 2.45) is 5.92 Å². The molecule has 0 amide bonds. The number of para-hydroxylation sites is 2. The zero-order chi connectivity index (χ0) is 30.7. The van der Waals surface area contributed by atoms with E-state index in [0.717, 1.165) is 55.3 Å². The Labute approximate surface area is 270 Å². The minimum atomic E-state index is -2.94. The molecular formula is C34H55N3O5S2. The lowest BCUT2D eigenvalue weighted by molar-refractivity contribution is -0.152. The monoisotopic (exact) mass is 649 g/mol. The molecule has 2 saturated carbocycles. The summed E-state index contributed by atoms with van der Waals surface area (Å²) in [6.07, 6.45) is 8.39. The van der Waals surface area contributed by atoms with Gasteiger partial charge in [0.25, 0.3) is 0 Å². The first-order valence-electron chi connectivity index (χ1n) is 15.1. The third-order valence-electron chi connectivity index (χ3n) is 6.56. The van der Waals surface area contributed by atoms with Crippen LogP contribution in [0.25, 0.3) is 11.0 Å². The van der Waals surface area contributed by atoms with Crippen molar-refractivity contribution in [1.82, 2.24) is 14.7 Å². The van der Waals surface area contributed by atoms with E-state index in [1.54, 1.807) is 11.3 Å². The van der Waals surface area contributed by atoms with Gasteiger partial charge in [-0.05, 0) is 103 Å². The van der Waals surface area contributed by atoms with Crippen LogP contribution in [0.2, 0.25) is 0 Å². The summed E-state index contributed by atoms with van der Waals surface area (Å²) in [5.74, 6) is 0.646. The quantitative estimate of drug-likeness (QED) is 0.221. The molecule has 2 aliphatic rings. The SMILES string of the molecule is C.C.CC(C)C(=O)OC1CCCC1.CC(C)NS(=O)(=O)C1CC1.CC(C)Oc1nc2ccccc2nc1CCc1cccs1. The Balaban J connectivity index is 0.000000358. The van der Waals surface area contributed by atoms with E-state index < -0.39 is 10.0 Å². The van der Waals surface area contributed by atoms with E-state index in [1.165, 1.54) is 17.7 Å². The molecule has 0 radical (unpaired) electrons. The van der Waals surface area contributed by atoms with E-state index >= 15 is 0 Å². The second-order valence-electron chi connectivity index (χ2n) is 11.7. The van der Waals surface area contributed by atoms with Crippen molar-refractivity contribution in [3.05, 3.63) is 52.3 Å². The zero-order valence-electron chi connectivity index (χ0n) is 25.8. The molecule has 0 spiro atoms. The summed E-state index contributed by atoms with van der Waals surface area (Å²) in [6.45, 7) is 11.4. The van der Waals surface area contributed by atoms with Gasteiger partial charge in [0.2, 0.25) is 15.9 Å². The number of nitrogens with zero attached hydrogens (tertiary/aromatic N) is 2. The van der Waals surface area contributed by atoms with Gasteiger partial charge >= 0.3 is 5.97 Å². The maximum absolute atomic E-state index is 11.1. The minimum Gasteiger partial charge on any atom is -0.474 e. The standard InChI is InChI=1S/C17H18N2OS.C9H16O2.C6H13NO2S.2CH4/c1-12(2)20-17-16(10-9-13-6-5-11-21-13)18-14-7-3-4-8-15(14)19-17;1-7(2)9(10)11-8-5-3-4-6-8;1-5(2)7-10(8,9)6-3-4-6;;/h3-8,11-12H,9-10H2,1-2H3;7-8H,3-6H2,1-2H3;5-7H,3-4H2,1-2H3;2*1H4. The van der Waals surface area contributed by atoms with Crippen LogP contribution in [0, 0.1) is 5.92 Å². The fraction of sp³-hybridized carbons (Fsp3) is 0.618. The van der Waals surface area contributed by atoms with Gasteiger partial charge in [-0.2, -0.15) is 0 Å². The Bertz CT molecular complexity index is 1350. The Kier molecular flexibility index (Phi) is 17.1. The van der Waals surface area contributed by atoms with Gasteiger partial charge < -0.3 is 9.47 Å². The van der Waals surface area contributed by atoms with Crippen LogP contribution in [0.3, 0.4) is 0 Å². The van der Waals surface area contributed by atoms with Crippen LogP contribution in [-0.4, -0.2) is 47.9 Å². The second-order valence-corrected chi connectivity index (χ2v) is 14.7. The summed E-state index contributed by atoms with van der Waals surface area (Å²) in [6, 6.07) is 12.2. The minimum absolute atomic E-state index is 0. The van der Waals surface area contributed by atoms with Crippen molar-refractivity contribution >= 4 is 38.4 Å². The molecule has 5 rings (SSSR count). The molecule has 0 atom stereocenters. The molecule has 1 N–H and O–H groups in total. The molecule has 44 heavy (non-hydrogen) atoms. The first kappa shape index (κ1) is 39.5. The van der Waals surface area contributed by atoms with Gasteiger partial charge in [-0.15, -0.1) is 11.3 Å². The normalized spacial score (nSPS) is 14.7. The number of benzene rings is 1. The van der Waals surface area contributed by atoms with Crippen molar-refractivity contribution in [1.29, 1.82) is 0 Å². The number of aryl methyl sites for hydroxylation is 2. The van der Waals surface area contributed by atoms with Crippen LogP contribution >= 0.6 is 11.3 Å². The lowest BCUT2D eigenvalue weighted by Crippen LogP contribution is -2.32. The molecular weight excluding hydrogens is 595 g/mol. The van der Waals surface area contributed by atoms with Gasteiger partial charge in [0.15, 0.2) is 0 Å². The van der Waals surface area contributed by atoms with E-state index in [2.05, 4.69) is 27.2 Å². The molecule has 8 nitrogen and oxygen atoms in total. The van der Waals surface area contributed by atoms with E-state index in [9.17, 15) is 13.2 Å². The molecule has 10 heteroatoms. The molecule has 1 aromatic carbocycles. The van der Waals surface area contributed by atoms with Crippen molar-refractivity contribution in [3.8, 4) is 5.88 Å². The van der Waals surface area contributed by atoms with Crippen molar-refractivity contribution in [2.45, 2.75) is 131 Å². The van der Waals surface area contributed by atoms with E-state index in [1.807, 2.05) is 65.8 Å². The predicted molar refractivity (Wildman–Crippen MR) is 184 cm³/mol. The van der Waals surface area contributed by atoms with Crippen LogP contribution in [-0.2, 0) is 32.4 Å². The van der Waals surface area contributed by atoms with Crippen LogP contribution in [0.1, 0.15) is 105 Å². The Hall–Kier alpha value is -2.56. The topological polar surface area (TPSA) is 107 Å². The Morgan fingerprint density at radius 1 is 0.909 bits per heavy atom. The fourth-order valence-electron chi connectivity index (χ4n) is 4.31. The number of ether oxygens (including phenoxy) is 2. The lowest BCUT2D eigenvalue weighted by Gasteiger charge is -2.13. The average Bonchev–Trinajstić information content (AvgIpc) is 3.44. The number of esters is 1. The summed E-state index contributed by atoms with van der Waals surface area (Å²) in [5.41, 5.74) is 2.75. The number of aromatic nitrogens is 2. The number of carbonyl (C=O) groups is 1. The zero-order valence-corrected chi connectivity index (χ0v) is 27.5. The first-order valence-corrected chi connectivity index (χ1v) is 17.5. The van der Waals surface area contributed by atoms with Gasteiger partial charge in [0, 0.05) is 10.9 Å². The highest BCUT2D eigenvalue weighted by molar-refractivity contribution is 7.90. The van der Waals surface area contributed by atoms with Crippen LogP contribution < -0.4 is 9.46 Å². The Morgan fingerprint density at radius 3 is 2.02 bits per heavy atom. The summed E-state index contributed by atoms with van der Waals surface area (Å²) in [5, 5.41) is 2.02. The first-order chi connectivity index (χ1) is 19.9. The molecule has 3 aromatic rings. The maximum Gasteiger partial charge on any atom is 0.308 e. The van der Waals surface area contributed by atoms with Gasteiger partial charge in [-0.3, -0.25) is 4.79 Å². The number of nitrogens with one attached hydrogen (secondary N) is 1. The van der Waals surface area contributed by atoms with E-state index in [0.29, 0.717) is 5.88 Å². The maximum atomic E-state index is 11.1. The number of sulfonamides is 1. The van der Waals surface area contributed by atoms with Gasteiger partial charge in [0.05, 0.1) is 28.3 Å². The third kappa shape index (κ3) is 13.6. The third-order valence-corrected chi connectivity index (χ3v) is 9.65. The number of carbonyl (C=O) groups excluding carboxylic acids is 1. The number of hydrogen-bond acceptors (Lipinski definition) is 8. The highest BCUT2D eigenvalue weighted by atomic mass is 32.2. The number of fused-ring (bicyclic) bond motifs is 1. The van der Waals surface area contributed by atoms with Crippen molar-refractivity contribution in [2.75, 3.05) is 0 Å². The van der Waals surface area contributed by atoms with Crippen LogP contribution in [0.5, 0.6) is 5.88 Å². The van der Waals surface area contributed by atoms with Crippen LogP contribution in [0.15, 0.2) is 41.8 Å². The van der Waals surface area contributed by atoms with Gasteiger partial charge in [-0.1, -0.05) is 46.9 Å².